The second kappa shape index (κ2) is 4.32. The zero-order valence-electron chi connectivity index (χ0n) is 10.0. The minimum atomic E-state index is -0.295. The number of hydrogen-bond acceptors (Lipinski definition) is 3. The van der Waals surface area contributed by atoms with Gasteiger partial charge in [0.05, 0.1) is 18.0 Å². The zero-order chi connectivity index (χ0) is 11.6. The van der Waals surface area contributed by atoms with Crippen LogP contribution in [0.4, 0.5) is 0 Å². The number of rotatable bonds is 1. The molecule has 1 heterocycles. The van der Waals surface area contributed by atoms with Crippen molar-refractivity contribution in [1.29, 1.82) is 5.26 Å². The number of piperidine rings is 1. The van der Waals surface area contributed by atoms with E-state index in [1.165, 1.54) is 0 Å². The third-order valence-corrected chi connectivity index (χ3v) is 3.10. The lowest BCUT2D eigenvalue weighted by Crippen LogP contribution is -2.50. The predicted molar refractivity (Wildman–Crippen MR) is 59.1 cm³/mol. The molecule has 0 spiro atoms. The van der Waals surface area contributed by atoms with Gasteiger partial charge < -0.3 is 5.32 Å². The Morgan fingerprint density at radius 1 is 1.47 bits per heavy atom. The minimum Gasteiger partial charge on any atom is -0.306 e. The molecule has 3 atom stereocenters. The molecule has 3 unspecified atom stereocenters. The summed E-state index contributed by atoms with van der Waals surface area (Å²) in [6.45, 7) is 8.52. The highest BCUT2D eigenvalue weighted by Gasteiger charge is 2.35. The first-order chi connectivity index (χ1) is 6.86. The number of Topliss-reactive ketones (excluding diaryl/α,β-unsaturated/α-hetero) is 1. The Balaban J connectivity index is 2.63. The Labute approximate surface area is 91.9 Å². The van der Waals surface area contributed by atoms with Crippen LogP contribution in [0.5, 0.6) is 0 Å². The molecular formula is C12H20N2O. The average molecular weight is 208 g/mol. The summed E-state index contributed by atoms with van der Waals surface area (Å²) in [5.74, 6) is 0.618. The number of nitrogens with zero attached hydrogens (tertiary/aromatic N) is 1. The van der Waals surface area contributed by atoms with Gasteiger partial charge in [-0.25, -0.2) is 0 Å². The number of carbonyl (C=O) groups excluding carboxylic acids is 1. The zero-order valence-corrected chi connectivity index (χ0v) is 10.0. The smallest absolute Gasteiger partial charge is 0.155 e. The Kier molecular flexibility index (Phi) is 3.51. The molecule has 1 rings (SSSR count). The van der Waals surface area contributed by atoms with Gasteiger partial charge >= 0.3 is 0 Å². The lowest BCUT2D eigenvalue weighted by molar-refractivity contribution is -0.129. The van der Waals surface area contributed by atoms with Crippen molar-refractivity contribution in [1.82, 2.24) is 5.32 Å². The maximum Gasteiger partial charge on any atom is 0.155 e. The molecule has 3 nitrogen and oxygen atoms in total. The first-order valence-corrected chi connectivity index (χ1v) is 5.53. The molecule has 0 aliphatic carbocycles. The number of carbonyl (C=O) groups is 1. The van der Waals surface area contributed by atoms with Crippen molar-refractivity contribution in [3.63, 3.8) is 0 Å². The van der Waals surface area contributed by atoms with E-state index in [0.717, 1.165) is 6.42 Å². The third-order valence-electron chi connectivity index (χ3n) is 3.10. The Hall–Kier alpha value is -0.880. The number of ketones is 1. The molecule has 84 valence electrons. The van der Waals surface area contributed by atoms with E-state index in [2.05, 4.69) is 18.3 Å². The van der Waals surface area contributed by atoms with Crippen molar-refractivity contribution < 1.29 is 4.79 Å². The van der Waals surface area contributed by atoms with Crippen LogP contribution in [0.2, 0.25) is 0 Å². The van der Waals surface area contributed by atoms with Crippen LogP contribution in [0.3, 0.4) is 0 Å². The van der Waals surface area contributed by atoms with Crippen LogP contribution >= 0.6 is 0 Å². The molecule has 0 aromatic rings. The molecule has 1 saturated heterocycles. The van der Waals surface area contributed by atoms with E-state index in [4.69, 9.17) is 5.26 Å². The number of nitriles is 1. The van der Waals surface area contributed by atoms with Crippen molar-refractivity contribution in [2.45, 2.75) is 40.2 Å². The van der Waals surface area contributed by atoms with Crippen molar-refractivity contribution in [2.24, 2.45) is 17.3 Å². The quantitative estimate of drug-likeness (QED) is 0.714. The van der Waals surface area contributed by atoms with Gasteiger partial charge in [-0.2, -0.15) is 5.26 Å². The standard InChI is InChI=1S/C12H20N2O/c1-8-5-10(11(15)12(2,3)4)14-7-9(8)6-13/h8-10,14H,5,7H2,1-4H3. The SMILES string of the molecule is CC1CC(C(=O)C(C)(C)C)NCC1C#N. The van der Waals surface area contributed by atoms with Crippen molar-refractivity contribution in [3.8, 4) is 6.07 Å². The second-order valence-corrected chi connectivity index (χ2v) is 5.52. The van der Waals surface area contributed by atoms with Gasteiger partial charge in [0.15, 0.2) is 5.78 Å². The largest absolute Gasteiger partial charge is 0.306 e. The van der Waals surface area contributed by atoms with E-state index in [-0.39, 0.29) is 23.2 Å². The normalized spacial score (nSPS) is 32.1. The van der Waals surface area contributed by atoms with Crippen LogP contribution in [-0.4, -0.2) is 18.4 Å². The predicted octanol–water partition coefficient (Wildman–Crippen LogP) is 1.74. The fraction of sp³-hybridized carbons (Fsp3) is 0.833. The first kappa shape index (κ1) is 12.2. The van der Waals surface area contributed by atoms with Crippen LogP contribution < -0.4 is 5.32 Å². The van der Waals surface area contributed by atoms with E-state index < -0.39 is 0 Å². The summed E-state index contributed by atoms with van der Waals surface area (Å²) < 4.78 is 0. The Morgan fingerprint density at radius 3 is 2.47 bits per heavy atom. The summed E-state index contributed by atoms with van der Waals surface area (Å²) in [6, 6.07) is 2.21. The molecule has 0 bridgehead atoms. The first-order valence-electron chi connectivity index (χ1n) is 5.53. The van der Waals surface area contributed by atoms with Crippen LogP contribution in [0.25, 0.3) is 0 Å². The second-order valence-electron chi connectivity index (χ2n) is 5.52. The molecule has 0 amide bonds. The van der Waals surface area contributed by atoms with Gasteiger partial charge in [-0.1, -0.05) is 27.7 Å². The molecule has 0 saturated carbocycles. The van der Waals surface area contributed by atoms with Gasteiger partial charge in [-0.15, -0.1) is 0 Å². The highest BCUT2D eigenvalue weighted by Crippen LogP contribution is 2.26. The summed E-state index contributed by atoms with van der Waals surface area (Å²) in [4.78, 5) is 12.0. The van der Waals surface area contributed by atoms with E-state index in [1.54, 1.807) is 0 Å². The Bertz CT molecular complexity index is 285. The summed E-state index contributed by atoms with van der Waals surface area (Å²) in [5, 5.41) is 12.1. The summed E-state index contributed by atoms with van der Waals surface area (Å²) >= 11 is 0. The third kappa shape index (κ3) is 2.79. The topological polar surface area (TPSA) is 52.9 Å². The molecule has 0 aromatic carbocycles. The van der Waals surface area contributed by atoms with Gasteiger partial charge in [0.25, 0.3) is 0 Å². The lowest BCUT2D eigenvalue weighted by Gasteiger charge is -2.34. The maximum absolute atomic E-state index is 12.0. The fourth-order valence-corrected chi connectivity index (χ4v) is 1.99. The van der Waals surface area contributed by atoms with Crippen LogP contribution in [0.1, 0.15) is 34.1 Å². The molecule has 15 heavy (non-hydrogen) atoms. The molecule has 1 fully saturated rings. The van der Waals surface area contributed by atoms with Gasteiger partial charge in [0, 0.05) is 12.0 Å². The highest BCUT2D eigenvalue weighted by atomic mass is 16.1. The van der Waals surface area contributed by atoms with Crippen molar-refractivity contribution in [2.75, 3.05) is 6.54 Å². The maximum atomic E-state index is 12.0. The molecule has 1 N–H and O–H groups in total. The minimum absolute atomic E-state index is 0.0500. The lowest BCUT2D eigenvalue weighted by atomic mass is 9.78. The molecule has 1 aliphatic heterocycles. The fourth-order valence-electron chi connectivity index (χ4n) is 1.99. The van der Waals surface area contributed by atoms with Gasteiger partial charge in [0.2, 0.25) is 0 Å². The van der Waals surface area contributed by atoms with Crippen LogP contribution in [-0.2, 0) is 4.79 Å². The van der Waals surface area contributed by atoms with Gasteiger partial charge in [0.1, 0.15) is 0 Å². The Morgan fingerprint density at radius 2 is 2.07 bits per heavy atom. The monoisotopic (exact) mass is 208 g/mol. The summed E-state index contributed by atoms with van der Waals surface area (Å²) in [6.07, 6.45) is 0.786. The molecule has 3 heteroatoms. The van der Waals surface area contributed by atoms with Crippen LogP contribution in [0, 0.1) is 28.6 Å². The van der Waals surface area contributed by atoms with E-state index in [1.807, 2.05) is 20.8 Å². The summed E-state index contributed by atoms with van der Waals surface area (Å²) in [5.41, 5.74) is -0.295. The van der Waals surface area contributed by atoms with E-state index >= 15 is 0 Å². The van der Waals surface area contributed by atoms with Crippen LogP contribution in [0.15, 0.2) is 0 Å². The summed E-state index contributed by atoms with van der Waals surface area (Å²) in [7, 11) is 0. The van der Waals surface area contributed by atoms with E-state index in [9.17, 15) is 4.79 Å². The van der Waals surface area contributed by atoms with Gasteiger partial charge in [-0.05, 0) is 12.3 Å². The number of nitrogens with one attached hydrogen (secondary N) is 1. The molecule has 0 radical (unpaired) electrons. The van der Waals surface area contributed by atoms with Crippen molar-refractivity contribution >= 4 is 5.78 Å². The van der Waals surface area contributed by atoms with Gasteiger partial charge in [-0.3, -0.25) is 4.79 Å². The van der Waals surface area contributed by atoms with Crippen molar-refractivity contribution in [3.05, 3.63) is 0 Å². The van der Waals surface area contributed by atoms with E-state index in [0.29, 0.717) is 12.5 Å². The average Bonchev–Trinajstić information content (AvgIpc) is 2.15. The molecule has 1 aliphatic rings. The number of hydrogen-bond donors (Lipinski definition) is 1. The molecular weight excluding hydrogens is 188 g/mol. The molecule has 0 aromatic heterocycles. The highest BCUT2D eigenvalue weighted by molar-refractivity contribution is 5.88.